The second-order valence-electron chi connectivity index (χ2n) is 5.99. The molecule has 0 saturated heterocycles. The van der Waals surface area contributed by atoms with E-state index >= 15 is 0 Å². The smallest absolute Gasteiger partial charge is 0.325 e. The van der Waals surface area contributed by atoms with Crippen LogP contribution >= 0.6 is 0 Å². The molecule has 10 nitrogen and oxygen atoms in total. The minimum absolute atomic E-state index is 0.0310. The SMILES string of the molecule is CCOc1c(OC)cc(/C=N/NC(=O)CCc2c(C)[nH]c(=O)[nH]c2=O)cc1OC. The Balaban J connectivity index is 2.03. The summed E-state index contributed by atoms with van der Waals surface area (Å²) in [6, 6.07) is 3.40. The van der Waals surface area contributed by atoms with Gasteiger partial charge in [0.1, 0.15) is 0 Å². The number of amides is 1. The van der Waals surface area contributed by atoms with Crippen LogP contribution in [0.1, 0.15) is 30.2 Å². The lowest BCUT2D eigenvalue weighted by Crippen LogP contribution is -2.28. The van der Waals surface area contributed by atoms with Gasteiger partial charge in [0.2, 0.25) is 11.7 Å². The van der Waals surface area contributed by atoms with Crippen LogP contribution in [0, 0.1) is 6.92 Å². The van der Waals surface area contributed by atoms with Crippen LogP contribution in [0.2, 0.25) is 0 Å². The molecule has 0 bridgehead atoms. The lowest BCUT2D eigenvalue weighted by molar-refractivity contribution is -0.121. The number of hydrogen-bond acceptors (Lipinski definition) is 7. The molecule has 0 atom stereocenters. The van der Waals surface area contributed by atoms with E-state index in [0.717, 1.165) is 0 Å². The van der Waals surface area contributed by atoms with Crippen molar-refractivity contribution in [1.82, 2.24) is 15.4 Å². The molecular formula is C19H24N4O6. The molecule has 156 valence electrons. The third-order valence-corrected chi connectivity index (χ3v) is 4.03. The van der Waals surface area contributed by atoms with Crippen molar-refractivity contribution in [2.24, 2.45) is 5.10 Å². The molecule has 0 aliphatic heterocycles. The van der Waals surface area contributed by atoms with Gasteiger partial charge in [-0.25, -0.2) is 10.2 Å². The van der Waals surface area contributed by atoms with Crippen LogP contribution in [-0.4, -0.2) is 42.9 Å². The molecule has 3 N–H and O–H groups in total. The Kier molecular flexibility index (Phi) is 7.58. The summed E-state index contributed by atoms with van der Waals surface area (Å²) in [6.45, 7) is 3.91. The van der Waals surface area contributed by atoms with Crippen molar-refractivity contribution in [3.8, 4) is 17.2 Å². The first-order valence-electron chi connectivity index (χ1n) is 8.92. The molecule has 1 amide bonds. The minimum atomic E-state index is -0.577. The molecule has 0 spiro atoms. The summed E-state index contributed by atoms with van der Waals surface area (Å²) in [5.41, 5.74) is 2.74. The summed E-state index contributed by atoms with van der Waals surface area (Å²) in [6.07, 6.45) is 1.64. The van der Waals surface area contributed by atoms with Crippen molar-refractivity contribution in [2.75, 3.05) is 20.8 Å². The summed E-state index contributed by atoms with van der Waals surface area (Å²) < 4.78 is 16.2. The molecule has 2 aromatic rings. The monoisotopic (exact) mass is 404 g/mol. The van der Waals surface area contributed by atoms with Crippen LogP contribution in [0.15, 0.2) is 26.8 Å². The Hall–Kier alpha value is -3.56. The fraction of sp³-hybridized carbons (Fsp3) is 0.368. The summed E-state index contributed by atoms with van der Waals surface area (Å²) in [5.74, 6) is 1.06. The molecule has 29 heavy (non-hydrogen) atoms. The summed E-state index contributed by atoms with van der Waals surface area (Å²) >= 11 is 0. The second-order valence-corrected chi connectivity index (χ2v) is 5.99. The van der Waals surface area contributed by atoms with E-state index in [4.69, 9.17) is 14.2 Å². The zero-order valence-electron chi connectivity index (χ0n) is 16.8. The second kappa shape index (κ2) is 10.1. The minimum Gasteiger partial charge on any atom is -0.493 e. The highest BCUT2D eigenvalue weighted by Crippen LogP contribution is 2.38. The van der Waals surface area contributed by atoms with Crippen molar-refractivity contribution in [2.45, 2.75) is 26.7 Å². The number of rotatable bonds is 9. The van der Waals surface area contributed by atoms with Crippen molar-refractivity contribution in [3.63, 3.8) is 0 Å². The van der Waals surface area contributed by atoms with Crippen molar-refractivity contribution >= 4 is 12.1 Å². The van der Waals surface area contributed by atoms with E-state index in [1.807, 2.05) is 6.92 Å². The Morgan fingerprint density at radius 2 is 1.83 bits per heavy atom. The fourth-order valence-corrected chi connectivity index (χ4v) is 2.66. The number of H-pyrrole nitrogens is 2. The van der Waals surface area contributed by atoms with Gasteiger partial charge in [-0.1, -0.05) is 0 Å². The normalized spacial score (nSPS) is 10.8. The molecule has 0 aliphatic rings. The number of aromatic amines is 2. The Bertz CT molecular complexity index is 983. The standard InChI is InChI=1S/C19H24N4O6/c1-5-29-17-14(27-3)8-12(9-15(17)28-4)10-20-23-16(24)7-6-13-11(2)21-19(26)22-18(13)25/h8-10H,5-7H2,1-4H3,(H,23,24)(H2,21,22,25,26)/b20-10+. The predicted octanol–water partition coefficient (Wildman–Crippen LogP) is 0.870. The molecule has 2 rings (SSSR count). The topological polar surface area (TPSA) is 135 Å². The summed E-state index contributed by atoms with van der Waals surface area (Å²) in [4.78, 5) is 39.6. The number of aromatic nitrogens is 2. The average molecular weight is 404 g/mol. The zero-order valence-corrected chi connectivity index (χ0v) is 16.8. The van der Waals surface area contributed by atoms with Crippen LogP contribution in [-0.2, 0) is 11.2 Å². The van der Waals surface area contributed by atoms with Gasteiger partial charge in [-0.05, 0) is 32.4 Å². The molecule has 1 aromatic heterocycles. The molecule has 0 unspecified atom stereocenters. The van der Waals surface area contributed by atoms with Crippen molar-refractivity contribution in [3.05, 3.63) is 49.8 Å². The van der Waals surface area contributed by atoms with Gasteiger partial charge in [-0.15, -0.1) is 0 Å². The number of benzene rings is 1. The lowest BCUT2D eigenvalue weighted by Gasteiger charge is -2.14. The van der Waals surface area contributed by atoms with Gasteiger partial charge in [-0.2, -0.15) is 5.10 Å². The first-order valence-corrected chi connectivity index (χ1v) is 8.92. The molecule has 0 aliphatic carbocycles. The number of nitrogens with one attached hydrogen (secondary N) is 3. The van der Waals surface area contributed by atoms with Crippen molar-refractivity contribution < 1.29 is 19.0 Å². The molecule has 0 fully saturated rings. The Labute approximate surface area is 166 Å². The van der Waals surface area contributed by atoms with E-state index in [-0.39, 0.29) is 18.7 Å². The fourth-order valence-electron chi connectivity index (χ4n) is 2.66. The van der Waals surface area contributed by atoms with Crippen LogP contribution in [0.5, 0.6) is 17.2 Å². The van der Waals surface area contributed by atoms with Crippen LogP contribution in [0.3, 0.4) is 0 Å². The van der Waals surface area contributed by atoms with Crippen LogP contribution in [0.25, 0.3) is 0 Å². The van der Waals surface area contributed by atoms with E-state index in [9.17, 15) is 14.4 Å². The zero-order chi connectivity index (χ0) is 21.4. The lowest BCUT2D eigenvalue weighted by atomic mass is 10.1. The van der Waals surface area contributed by atoms with Gasteiger partial charge >= 0.3 is 5.69 Å². The molecule has 10 heteroatoms. The van der Waals surface area contributed by atoms with Gasteiger partial charge in [0, 0.05) is 23.2 Å². The maximum atomic E-state index is 12.0. The highest BCUT2D eigenvalue weighted by atomic mass is 16.5. The molecule has 0 radical (unpaired) electrons. The van der Waals surface area contributed by atoms with Crippen LogP contribution < -0.4 is 30.9 Å². The van der Waals surface area contributed by atoms with E-state index < -0.39 is 11.2 Å². The highest BCUT2D eigenvalue weighted by molar-refractivity contribution is 5.84. The van der Waals surface area contributed by atoms with Gasteiger partial charge in [0.25, 0.3) is 5.56 Å². The van der Waals surface area contributed by atoms with Gasteiger partial charge in [-0.3, -0.25) is 14.6 Å². The number of carbonyl (C=O) groups excluding carboxylic acids is 1. The third-order valence-electron chi connectivity index (χ3n) is 4.03. The molecule has 1 heterocycles. The Morgan fingerprint density at radius 1 is 1.17 bits per heavy atom. The molecule has 0 saturated carbocycles. The number of methoxy groups -OCH3 is 2. The quantitative estimate of drug-likeness (QED) is 0.419. The number of nitrogens with zero attached hydrogens (tertiary/aromatic N) is 1. The number of carbonyl (C=O) groups is 1. The first-order chi connectivity index (χ1) is 13.9. The highest BCUT2D eigenvalue weighted by Gasteiger charge is 2.13. The largest absolute Gasteiger partial charge is 0.493 e. The third kappa shape index (κ3) is 5.71. The van der Waals surface area contributed by atoms with E-state index in [1.54, 1.807) is 19.1 Å². The maximum Gasteiger partial charge on any atom is 0.325 e. The average Bonchev–Trinajstić information content (AvgIpc) is 2.67. The Morgan fingerprint density at radius 3 is 2.38 bits per heavy atom. The molecule has 1 aromatic carbocycles. The maximum absolute atomic E-state index is 12.0. The van der Waals surface area contributed by atoms with Crippen LogP contribution in [0.4, 0.5) is 0 Å². The van der Waals surface area contributed by atoms with E-state index in [0.29, 0.717) is 40.7 Å². The van der Waals surface area contributed by atoms with Gasteiger partial charge in [0.05, 0.1) is 27.0 Å². The van der Waals surface area contributed by atoms with Gasteiger partial charge in [0.15, 0.2) is 11.5 Å². The predicted molar refractivity (Wildman–Crippen MR) is 107 cm³/mol. The van der Waals surface area contributed by atoms with Crippen molar-refractivity contribution in [1.29, 1.82) is 0 Å². The summed E-state index contributed by atoms with van der Waals surface area (Å²) in [7, 11) is 3.03. The van der Waals surface area contributed by atoms with E-state index in [2.05, 4.69) is 20.5 Å². The number of ether oxygens (including phenoxy) is 3. The first kappa shape index (κ1) is 21.7. The number of hydrogen-bond donors (Lipinski definition) is 3. The number of hydrazone groups is 1. The summed E-state index contributed by atoms with van der Waals surface area (Å²) in [5, 5.41) is 3.92. The van der Waals surface area contributed by atoms with E-state index in [1.165, 1.54) is 20.4 Å². The number of aryl methyl sites for hydroxylation is 1. The van der Waals surface area contributed by atoms with Gasteiger partial charge < -0.3 is 19.2 Å². The molecular weight excluding hydrogens is 380 g/mol.